The molecular formula is C22H16FN3OS. The summed E-state index contributed by atoms with van der Waals surface area (Å²) in [6.07, 6.45) is 0. The predicted molar refractivity (Wildman–Crippen MR) is 109 cm³/mol. The van der Waals surface area contributed by atoms with Crippen LogP contribution < -0.4 is 5.32 Å². The third kappa shape index (κ3) is 4.13. The van der Waals surface area contributed by atoms with Crippen LogP contribution in [0.2, 0.25) is 0 Å². The Labute approximate surface area is 165 Å². The number of anilines is 1. The maximum absolute atomic E-state index is 13.1. The van der Waals surface area contributed by atoms with Gasteiger partial charge in [0.05, 0.1) is 11.4 Å². The lowest BCUT2D eigenvalue weighted by Gasteiger charge is -2.10. The SMILES string of the molecule is O=C(Nc1ccccc1Sc1ccccc1)c1cc(-c2ccc(F)cc2)n[nH]1. The summed E-state index contributed by atoms with van der Waals surface area (Å²) in [6.45, 7) is 0. The molecule has 0 unspecified atom stereocenters. The lowest BCUT2D eigenvalue weighted by atomic mass is 10.1. The van der Waals surface area contributed by atoms with Crippen molar-refractivity contribution >= 4 is 23.4 Å². The molecule has 2 N–H and O–H groups in total. The first-order valence-corrected chi connectivity index (χ1v) is 9.45. The van der Waals surface area contributed by atoms with E-state index < -0.39 is 0 Å². The summed E-state index contributed by atoms with van der Waals surface area (Å²) in [7, 11) is 0. The summed E-state index contributed by atoms with van der Waals surface area (Å²) < 4.78 is 13.1. The lowest BCUT2D eigenvalue weighted by molar-refractivity contribution is 0.102. The van der Waals surface area contributed by atoms with Gasteiger partial charge >= 0.3 is 0 Å². The third-order valence-electron chi connectivity index (χ3n) is 4.07. The van der Waals surface area contributed by atoms with Crippen LogP contribution in [0.4, 0.5) is 10.1 Å². The number of carbonyl (C=O) groups excluding carboxylic acids is 1. The van der Waals surface area contributed by atoms with Gasteiger partial charge in [0.2, 0.25) is 0 Å². The molecule has 0 radical (unpaired) electrons. The van der Waals surface area contributed by atoms with Crippen LogP contribution in [0.5, 0.6) is 0 Å². The molecule has 0 spiro atoms. The van der Waals surface area contributed by atoms with Crippen molar-refractivity contribution in [1.29, 1.82) is 0 Å². The molecule has 0 fully saturated rings. The predicted octanol–water partition coefficient (Wildman–Crippen LogP) is 5.62. The van der Waals surface area contributed by atoms with Crippen LogP contribution in [0, 0.1) is 5.82 Å². The summed E-state index contributed by atoms with van der Waals surface area (Å²) >= 11 is 1.58. The molecule has 0 saturated heterocycles. The Morgan fingerprint density at radius 3 is 2.43 bits per heavy atom. The van der Waals surface area contributed by atoms with E-state index >= 15 is 0 Å². The van der Waals surface area contributed by atoms with E-state index in [1.54, 1.807) is 30.0 Å². The average molecular weight is 389 g/mol. The molecule has 0 aliphatic rings. The highest BCUT2D eigenvalue weighted by atomic mass is 32.2. The molecule has 138 valence electrons. The zero-order valence-electron chi connectivity index (χ0n) is 14.7. The van der Waals surface area contributed by atoms with Crippen LogP contribution in [-0.2, 0) is 0 Å². The Kier molecular flexibility index (Phi) is 5.21. The lowest BCUT2D eigenvalue weighted by Crippen LogP contribution is -2.12. The van der Waals surface area contributed by atoms with Gasteiger partial charge in [0.1, 0.15) is 11.5 Å². The number of hydrogen-bond acceptors (Lipinski definition) is 3. The maximum Gasteiger partial charge on any atom is 0.273 e. The number of rotatable bonds is 5. The summed E-state index contributed by atoms with van der Waals surface area (Å²) in [5.41, 5.74) is 2.37. The van der Waals surface area contributed by atoms with Gasteiger partial charge in [-0.05, 0) is 54.6 Å². The van der Waals surface area contributed by atoms with Crippen LogP contribution in [0.3, 0.4) is 0 Å². The Morgan fingerprint density at radius 1 is 0.929 bits per heavy atom. The third-order valence-corrected chi connectivity index (χ3v) is 5.15. The molecule has 28 heavy (non-hydrogen) atoms. The van der Waals surface area contributed by atoms with Crippen molar-refractivity contribution in [2.45, 2.75) is 9.79 Å². The highest BCUT2D eigenvalue weighted by Gasteiger charge is 2.13. The first kappa shape index (κ1) is 18.0. The molecular weight excluding hydrogens is 373 g/mol. The molecule has 4 nitrogen and oxygen atoms in total. The fraction of sp³-hybridized carbons (Fsp3) is 0. The molecule has 0 bridgehead atoms. The standard InChI is InChI=1S/C22H16FN3OS/c23-16-12-10-15(11-13-16)19-14-20(26-25-19)22(27)24-18-8-4-5-9-21(18)28-17-6-2-1-3-7-17/h1-14H,(H,24,27)(H,25,26). The number of carbonyl (C=O) groups is 1. The Balaban J connectivity index is 1.52. The van der Waals surface area contributed by atoms with Crippen molar-refractivity contribution in [2.75, 3.05) is 5.32 Å². The van der Waals surface area contributed by atoms with E-state index in [4.69, 9.17) is 0 Å². The number of para-hydroxylation sites is 1. The second-order valence-electron chi connectivity index (χ2n) is 6.04. The van der Waals surface area contributed by atoms with Crippen molar-refractivity contribution in [3.63, 3.8) is 0 Å². The number of amides is 1. The van der Waals surface area contributed by atoms with E-state index in [1.165, 1.54) is 12.1 Å². The molecule has 1 aromatic heterocycles. The van der Waals surface area contributed by atoms with Crippen molar-refractivity contribution in [2.24, 2.45) is 0 Å². The van der Waals surface area contributed by atoms with Crippen LogP contribution in [0.25, 0.3) is 11.3 Å². The van der Waals surface area contributed by atoms with Crippen molar-refractivity contribution in [3.8, 4) is 11.3 Å². The normalized spacial score (nSPS) is 10.6. The van der Waals surface area contributed by atoms with Crippen molar-refractivity contribution < 1.29 is 9.18 Å². The van der Waals surface area contributed by atoms with E-state index in [9.17, 15) is 9.18 Å². The molecule has 0 atom stereocenters. The summed E-state index contributed by atoms with van der Waals surface area (Å²) in [5, 5.41) is 9.83. The van der Waals surface area contributed by atoms with Gasteiger partial charge in [-0.2, -0.15) is 5.10 Å². The molecule has 6 heteroatoms. The van der Waals surface area contributed by atoms with E-state index in [2.05, 4.69) is 15.5 Å². The zero-order chi connectivity index (χ0) is 19.3. The summed E-state index contributed by atoms with van der Waals surface area (Å²) in [6, 6.07) is 25.2. The van der Waals surface area contributed by atoms with E-state index in [1.807, 2.05) is 54.6 Å². The topological polar surface area (TPSA) is 57.8 Å². The number of halogens is 1. The van der Waals surface area contributed by atoms with Crippen LogP contribution in [-0.4, -0.2) is 16.1 Å². The average Bonchev–Trinajstić information content (AvgIpc) is 3.21. The van der Waals surface area contributed by atoms with Gasteiger partial charge in [-0.1, -0.05) is 42.1 Å². The number of nitrogens with zero attached hydrogens (tertiary/aromatic N) is 1. The minimum absolute atomic E-state index is 0.290. The van der Waals surface area contributed by atoms with Crippen LogP contribution >= 0.6 is 11.8 Å². The number of hydrogen-bond donors (Lipinski definition) is 2. The molecule has 0 saturated carbocycles. The molecule has 3 aromatic carbocycles. The molecule has 1 amide bonds. The van der Waals surface area contributed by atoms with Crippen molar-refractivity contribution in [3.05, 3.63) is 96.4 Å². The second kappa shape index (κ2) is 8.10. The van der Waals surface area contributed by atoms with Gasteiger partial charge in [0.15, 0.2) is 0 Å². The molecule has 0 aliphatic heterocycles. The van der Waals surface area contributed by atoms with Crippen LogP contribution in [0.15, 0.2) is 94.7 Å². The number of H-pyrrole nitrogens is 1. The van der Waals surface area contributed by atoms with Gasteiger partial charge in [-0.25, -0.2) is 4.39 Å². The highest BCUT2D eigenvalue weighted by molar-refractivity contribution is 7.99. The first-order chi connectivity index (χ1) is 13.7. The fourth-order valence-electron chi connectivity index (χ4n) is 2.67. The highest BCUT2D eigenvalue weighted by Crippen LogP contribution is 2.33. The Morgan fingerprint density at radius 2 is 1.64 bits per heavy atom. The number of aromatic amines is 1. The molecule has 0 aliphatic carbocycles. The smallest absolute Gasteiger partial charge is 0.273 e. The second-order valence-corrected chi connectivity index (χ2v) is 7.15. The van der Waals surface area contributed by atoms with Crippen LogP contribution in [0.1, 0.15) is 10.5 Å². The van der Waals surface area contributed by atoms with E-state index in [0.29, 0.717) is 11.4 Å². The van der Waals surface area contributed by atoms with Gasteiger partial charge in [-0.15, -0.1) is 0 Å². The maximum atomic E-state index is 13.1. The number of aromatic nitrogens is 2. The summed E-state index contributed by atoms with van der Waals surface area (Å²) in [4.78, 5) is 14.7. The zero-order valence-corrected chi connectivity index (χ0v) is 15.5. The minimum Gasteiger partial charge on any atom is -0.320 e. The Hall–Kier alpha value is -3.38. The van der Waals surface area contributed by atoms with Crippen molar-refractivity contribution in [1.82, 2.24) is 10.2 Å². The van der Waals surface area contributed by atoms with Gasteiger partial charge in [0.25, 0.3) is 5.91 Å². The fourth-order valence-corrected chi connectivity index (χ4v) is 3.59. The quantitative estimate of drug-likeness (QED) is 0.466. The van der Waals surface area contributed by atoms with Gasteiger partial charge < -0.3 is 5.32 Å². The van der Waals surface area contributed by atoms with E-state index in [-0.39, 0.29) is 11.7 Å². The largest absolute Gasteiger partial charge is 0.320 e. The number of nitrogens with one attached hydrogen (secondary N) is 2. The van der Waals surface area contributed by atoms with E-state index in [0.717, 1.165) is 21.0 Å². The summed E-state index contributed by atoms with van der Waals surface area (Å²) in [5.74, 6) is -0.605. The van der Waals surface area contributed by atoms with Gasteiger partial charge in [0, 0.05) is 15.4 Å². The minimum atomic E-state index is -0.315. The first-order valence-electron chi connectivity index (χ1n) is 8.64. The monoisotopic (exact) mass is 389 g/mol. The molecule has 4 aromatic rings. The molecule has 4 rings (SSSR count). The Bertz CT molecular complexity index is 1090. The van der Waals surface area contributed by atoms with Gasteiger partial charge in [-0.3, -0.25) is 9.89 Å². The number of benzene rings is 3. The molecule has 1 heterocycles.